The normalized spacial score (nSPS) is 12.1. The van der Waals surface area contributed by atoms with Crippen LogP contribution in [0.2, 0.25) is 0 Å². The van der Waals surface area contributed by atoms with Gasteiger partial charge in [-0.2, -0.15) is 0 Å². The van der Waals surface area contributed by atoms with Gasteiger partial charge in [0.05, 0.1) is 6.10 Å². The molecule has 0 radical (unpaired) electrons. The lowest BCUT2D eigenvalue weighted by Crippen LogP contribution is -1.96. The number of carbonyl (C=O) groups is 1. The number of benzene rings is 1. The van der Waals surface area contributed by atoms with Crippen LogP contribution in [0.1, 0.15) is 49.3 Å². The van der Waals surface area contributed by atoms with E-state index < -0.39 is 6.10 Å². The summed E-state index contributed by atoms with van der Waals surface area (Å²) in [5.41, 5.74) is 2.23. The fraction of sp³-hybridized carbons (Fsp3) is 0.438. The summed E-state index contributed by atoms with van der Waals surface area (Å²) in [6.07, 6.45) is 7.77. The van der Waals surface area contributed by atoms with Crippen LogP contribution in [-0.2, 0) is 11.2 Å². The molecule has 1 aromatic carbocycles. The maximum absolute atomic E-state index is 10.2. The van der Waals surface area contributed by atoms with Crippen LogP contribution >= 0.6 is 0 Å². The highest BCUT2D eigenvalue weighted by Crippen LogP contribution is 2.18. The van der Waals surface area contributed by atoms with Gasteiger partial charge in [0.1, 0.15) is 6.29 Å². The molecule has 0 bridgehead atoms. The van der Waals surface area contributed by atoms with Crippen molar-refractivity contribution in [2.24, 2.45) is 0 Å². The Bertz CT molecular complexity index is 354. The first-order valence-electron chi connectivity index (χ1n) is 6.59. The number of rotatable bonds is 9. The van der Waals surface area contributed by atoms with Crippen molar-refractivity contribution < 1.29 is 9.90 Å². The van der Waals surface area contributed by atoms with Crippen molar-refractivity contribution in [2.75, 3.05) is 0 Å². The van der Waals surface area contributed by atoms with Crippen molar-refractivity contribution in [1.29, 1.82) is 0 Å². The molecule has 0 saturated carbocycles. The second kappa shape index (κ2) is 8.65. The van der Waals surface area contributed by atoms with Gasteiger partial charge in [-0.3, -0.25) is 0 Å². The van der Waals surface area contributed by atoms with E-state index >= 15 is 0 Å². The summed E-state index contributed by atoms with van der Waals surface area (Å²) in [7, 11) is 0. The Labute approximate surface area is 109 Å². The van der Waals surface area contributed by atoms with E-state index in [0.717, 1.165) is 37.5 Å². The molecule has 2 nitrogen and oxygen atoms in total. The molecule has 0 aliphatic carbocycles. The lowest BCUT2D eigenvalue weighted by Gasteiger charge is -2.09. The van der Waals surface area contributed by atoms with Crippen LogP contribution in [-0.4, -0.2) is 11.4 Å². The van der Waals surface area contributed by atoms with Crippen molar-refractivity contribution in [2.45, 2.75) is 44.6 Å². The van der Waals surface area contributed by atoms with Crippen molar-refractivity contribution in [3.8, 4) is 0 Å². The van der Waals surface area contributed by atoms with E-state index in [4.69, 9.17) is 0 Å². The molecule has 0 spiro atoms. The largest absolute Gasteiger partial charge is 0.388 e. The Morgan fingerprint density at radius 2 is 1.89 bits per heavy atom. The molecule has 2 heteroatoms. The minimum Gasteiger partial charge on any atom is -0.388 e. The van der Waals surface area contributed by atoms with Gasteiger partial charge in [0.15, 0.2) is 0 Å². The molecule has 1 rings (SSSR count). The molecule has 1 atom stereocenters. The Kier molecular flexibility index (Phi) is 7.04. The predicted octanol–water partition coefficient (Wildman–Crippen LogP) is 3.60. The van der Waals surface area contributed by atoms with Crippen LogP contribution in [0.5, 0.6) is 0 Å². The highest BCUT2D eigenvalue weighted by atomic mass is 16.3. The van der Waals surface area contributed by atoms with Gasteiger partial charge in [-0.25, -0.2) is 0 Å². The molecule has 1 unspecified atom stereocenters. The quantitative estimate of drug-likeness (QED) is 0.410. The van der Waals surface area contributed by atoms with Crippen LogP contribution in [0.4, 0.5) is 0 Å². The van der Waals surface area contributed by atoms with Gasteiger partial charge in [0.2, 0.25) is 0 Å². The lowest BCUT2D eigenvalue weighted by molar-refractivity contribution is -0.107. The smallest absolute Gasteiger partial charge is 0.119 e. The summed E-state index contributed by atoms with van der Waals surface area (Å²) < 4.78 is 0. The van der Waals surface area contributed by atoms with E-state index in [9.17, 15) is 9.90 Å². The predicted molar refractivity (Wildman–Crippen MR) is 74.5 cm³/mol. The minimum absolute atomic E-state index is 0.441. The summed E-state index contributed by atoms with van der Waals surface area (Å²) in [6, 6.07) is 8.10. The van der Waals surface area contributed by atoms with Crippen LogP contribution < -0.4 is 0 Å². The molecule has 0 aliphatic heterocycles. The second-order valence-corrected chi connectivity index (χ2v) is 4.55. The Balaban J connectivity index is 2.35. The number of aldehydes is 1. The number of aryl methyl sites for hydroxylation is 1. The zero-order chi connectivity index (χ0) is 13.2. The van der Waals surface area contributed by atoms with Gasteiger partial charge in [-0.05, 0) is 36.8 Å². The topological polar surface area (TPSA) is 37.3 Å². The molecule has 0 fully saturated rings. The summed E-state index contributed by atoms with van der Waals surface area (Å²) in [6.45, 7) is 3.62. The third kappa shape index (κ3) is 5.28. The summed E-state index contributed by atoms with van der Waals surface area (Å²) in [4.78, 5) is 10.2. The summed E-state index contributed by atoms with van der Waals surface area (Å²) in [5, 5.41) is 9.78. The average molecular weight is 246 g/mol. The molecule has 0 aromatic heterocycles. The number of unbranched alkanes of at least 4 members (excludes halogenated alkanes) is 3. The third-order valence-electron chi connectivity index (χ3n) is 3.04. The molecular formula is C16H22O2. The molecule has 98 valence electrons. The lowest BCUT2D eigenvalue weighted by atomic mass is 10.0. The van der Waals surface area contributed by atoms with Gasteiger partial charge in [-0.15, -0.1) is 6.58 Å². The molecule has 1 aromatic rings. The standard InChI is InChI=1S/C16H22O2/c1-2-7-16(18)15-11-9-14(10-12-15)8-5-3-4-6-13-17/h2,9-13,16,18H,1,3-8H2. The highest BCUT2D eigenvalue weighted by Gasteiger charge is 2.04. The van der Waals surface area contributed by atoms with Gasteiger partial charge in [0.25, 0.3) is 0 Å². The van der Waals surface area contributed by atoms with Crippen molar-refractivity contribution in [3.05, 3.63) is 48.0 Å². The van der Waals surface area contributed by atoms with Gasteiger partial charge >= 0.3 is 0 Å². The Morgan fingerprint density at radius 1 is 1.17 bits per heavy atom. The average Bonchev–Trinajstić information content (AvgIpc) is 2.39. The maximum Gasteiger partial charge on any atom is 0.119 e. The third-order valence-corrected chi connectivity index (χ3v) is 3.04. The molecule has 0 amide bonds. The first-order valence-corrected chi connectivity index (χ1v) is 6.59. The minimum atomic E-state index is -0.441. The van der Waals surface area contributed by atoms with Crippen molar-refractivity contribution >= 4 is 6.29 Å². The molecule has 0 saturated heterocycles. The Hall–Kier alpha value is -1.41. The van der Waals surface area contributed by atoms with Crippen molar-refractivity contribution in [1.82, 2.24) is 0 Å². The fourth-order valence-corrected chi connectivity index (χ4v) is 1.93. The second-order valence-electron chi connectivity index (χ2n) is 4.55. The zero-order valence-corrected chi connectivity index (χ0v) is 10.8. The number of aliphatic hydroxyl groups excluding tert-OH is 1. The van der Waals surface area contributed by atoms with Gasteiger partial charge < -0.3 is 9.90 Å². The fourth-order valence-electron chi connectivity index (χ4n) is 1.93. The number of aliphatic hydroxyl groups is 1. The van der Waals surface area contributed by atoms with E-state index in [1.807, 2.05) is 12.1 Å². The Morgan fingerprint density at radius 3 is 2.50 bits per heavy atom. The van der Waals surface area contributed by atoms with E-state index in [2.05, 4.69) is 18.7 Å². The SMILES string of the molecule is C=CCC(O)c1ccc(CCCCCC=O)cc1. The van der Waals surface area contributed by atoms with E-state index in [1.165, 1.54) is 5.56 Å². The molecule has 0 heterocycles. The number of hydrogen-bond donors (Lipinski definition) is 1. The van der Waals surface area contributed by atoms with Crippen LogP contribution in [0.3, 0.4) is 0 Å². The molecule has 1 N–H and O–H groups in total. The van der Waals surface area contributed by atoms with Crippen molar-refractivity contribution in [3.63, 3.8) is 0 Å². The molecule has 0 aliphatic rings. The highest BCUT2D eigenvalue weighted by molar-refractivity contribution is 5.48. The van der Waals surface area contributed by atoms with E-state index in [-0.39, 0.29) is 0 Å². The van der Waals surface area contributed by atoms with Crippen LogP contribution in [0.15, 0.2) is 36.9 Å². The monoisotopic (exact) mass is 246 g/mol. The first-order chi connectivity index (χ1) is 8.77. The van der Waals surface area contributed by atoms with Crippen LogP contribution in [0.25, 0.3) is 0 Å². The summed E-state index contributed by atoms with van der Waals surface area (Å²) >= 11 is 0. The van der Waals surface area contributed by atoms with Gasteiger partial charge in [-0.1, -0.05) is 36.8 Å². The van der Waals surface area contributed by atoms with E-state index in [0.29, 0.717) is 12.8 Å². The molecule has 18 heavy (non-hydrogen) atoms. The number of hydrogen-bond acceptors (Lipinski definition) is 2. The van der Waals surface area contributed by atoms with Gasteiger partial charge in [0, 0.05) is 6.42 Å². The summed E-state index contributed by atoms with van der Waals surface area (Å²) in [5.74, 6) is 0. The first kappa shape index (κ1) is 14.7. The van der Waals surface area contributed by atoms with Crippen LogP contribution in [0, 0.1) is 0 Å². The molecular weight excluding hydrogens is 224 g/mol. The zero-order valence-electron chi connectivity index (χ0n) is 10.8. The number of carbonyl (C=O) groups excluding carboxylic acids is 1. The maximum atomic E-state index is 10.2. The van der Waals surface area contributed by atoms with E-state index in [1.54, 1.807) is 6.08 Å².